The Labute approximate surface area is 119 Å². The van der Waals surface area contributed by atoms with E-state index < -0.39 is 0 Å². The van der Waals surface area contributed by atoms with Crippen molar-refractivity contribution in [3.63, 3.8) is 0 Å². The van der Waals surface area contributed by atoms with Gasteiger partial charge in [0, 0.05) is 17.6 Å². The Balaban J connectivity index is 2.93. The number of carbonyl (C=O) groups is 1. The minimum absolute atomic E-state index is 0.119. The van der Waals surface area contributed by atoms with Gasteiger partial charge in [0.05, 0.1) is 5.56 Å². The number of halogens is 1. The fourth-order valence-corrected chi connectivity index (χ4v) is 2.28. The molecule has 0 saturated heterocycles. The highest BCUT2D eigenvalue weighted by molar-refractivity contribution is 9.10. The van der Waals surface area contributed by atoms with Gasteiger partial charge in [0.2, 0.25) is 0 Å². The van der Waals surface area contributed by atoms with Crippen molar-refractivity contribution in [1.29, 1.82) is 0 Å². The summed E-state index contributed by atoms with van der Waals surface area (Å²) in [5.41, 5.74) is 1.86. The first kappa shape index (κ1) is 15.2. The lowest BCUT2D eigenvalue weighted by Gasteiger charge is -2.24. The number of nitrogens with zero attached hydrogens (tertiary/aromatic N) is 1. The molecule has 0 heterocycles. The SMILES string of the molecule is CCC(C)CN(CC)C(=O)c1cccc(C)c1Br. The molecule has 0 radical (unpaired) electrons. The summed E-state index contributed by atoms with van der Waals surface area (Å²) in [5.74, 6) is 0.658. The van der Waals surface area contributed by atoms with Crippen LogP contribution in [0.1, 0.15) is 43.1 Å². The molecule has 0 aliphatic rings. The van der Waals surface area contributed by atoms with Gasteiger partial charge in [-0.15, -0.1) is 0 Å². The van der Waals surface area contributed by atoms with Crippen LogP contribution < -0.4 is 0 Å². The molecule has 0 aliphatic carbocycles. The molecule has 1 aromatic rings. The van der Waals surface area contributed by atoms with Gasteiger partial charge in [-0.1, -0.05) is 32.4 Å². The van der Waals surface area contributed by atoms with Crippen LogP contribution in [0, 0.1) is 12.8 Å². The van der Waals surface area contributed by atoms with Crippen molar-refractivity contribution in [2.45, 2.75) is 34.1 Å². The lowest BCUT2D eigenvalue weighted by atomic mass is 10.1. The maximum absolute atomic E-state index is 12.5. The van der Waals surface area contributed by atoms with Gasteiger partial charge in [-0.25, -0.2) is 0 Å². The van der Waals surface area contributed by atoms with Crippen molar-refractivity contribution in [3.8, 4) is 0 Å². The standard InChI is InChI=1S/C15H22BrNO/c1-5-11(3)10-17(6-2)15(18)13-9-7-8-12(4)14(13)16/h7-9,11H,5-6,10H2,1-4H3. The van der Waals surface area contributed by atoms with Crippen LogP contribution in [0.25, 0.3) is 0 Å². The van der Waals surface area contributed by atoms with Gasteiger partial charge in [0.25, 0.3) is 5.91 Å². The molecule has 100 valence electrons. The summed E-state index contributed by atoms with van der Waals surface area (Å²) in [6, 6.07) is 5.83. The first-order chi connectivity index (χ1) is 8.51. The summed E-state index contributed by atoms with van der Waals surface area (Å²) in [6.45, 7) is 9.96. The smallest absolute Gasteiger partial charge is 0.255 e. The molecule has 0 spiro atoms. The maximum atomic E-state index is 12.5. The van der Waals surface area contributed by atoms with E-state index >= 15 is 0 Å². The van der Waals surface area contributed by atoms with Crippen molar-refractivity contribution in [2.75, 3.05) is 13.1 Å². The van der Waals surface area contributed by atoms with Crippen molar-refractivity contribution in [3.05, 3.63) is 33.8 Å². The highest BCUT2D eigenvalue weighted by Crippen LogP contribution is 2.23. The molecule has 0 fully saturated rings. The van der Waals surface area contributed by atoms with Gasteiger partial charge < -0.3 is 4.90 Å². The van der Waals surface area contributed by atoms with E-state index in [-0.39, 0.29) is 5.91 Å². The zero-order valence-corrected chi connectivity index (χ0v) is 13.3. The largest absolute Gasteiger partial charge is 0.339 e. The van der Waals surface area contributed by atoms with E-state index in [0.29, 0.717) is 5.92 Å². The molecule has 0 aliphatic heterocycles. The van der Waals surface area contributed by atoms with Crippen molar-refractivity contribution in [1.82, 2.24) is 4.90 Å². The quantitative estimate of drug-likeness (QED) is 0.795. The Kier molecular flexibility index (Phi) is 5.86. The van der Waals surface area contributed by atoms with Crippen molar-refractivity contribution in [2.24, 2.45) is 5.92 Å². The van der Waals surface area contributed by atoms with Crippen LogP contribution >= 0.6 is 15.9 Å². The van der Waals surface area contributed by atoms with Gasteiger partial charge in [-0.2, -0.15) is 0 Å². The number of benzene rings is 1. The Morgan fingerprint density at radius 1 is 1.39 bits per heavy atom. The average Bonchev–Trinajstić information content (AvgIpc) is 2.38. The van der Waals surface area contributed by atoms with Crippen LogP contribution in [0.5, 0.6) is 0 Å². The topological polar surface area (TPSA) is 20.3 Å². The van der Waals surface area contributed by atoms with E-state index in [1.54, 1.807) is 0 Å². The Morgan fingerprint density at radius 3 is 2.61 bits per heavy atom. The summed E-state index contributed by atoms with van der Waals surface area (Å²) >= 11 is 3.51. The predicted molar refractivity (Wildman–Crippen MR) is 79.9 cm³/mol. The highest BCUT2D eigenvalue weighted by atomic mass is 79.9. The zero-order valence-electron chi connectivity index (χ0n) is 11.7. The predicted octanol–water partition coefficient (Wildman–Crippen LogP) is 4.27. The third kappa shape index (κ3) is 3.58. The van der Waals surface area contributed by atoms with Gasteiger partial charge in [0.1, 0.15) is 0 Å². The molecule has 3 heteroatoms. The number of amides is 1. The monoisotopic (exact) mass is 311 g/mol. The summed E-state index contributed by atoms with van der Waals surface area (Å²) in [7, 11) is 0. The van der Waals surface area contributed by atoms with Gasteiger partial charge >= 0.3 is 0 Å². The molecule has 18 heavy (non-hydrogen) atoms. The minimum atomic E-state index is 0.119. The Morgan fingerprint density at radius 2 is 2.06 bits per heavy atom. The summed E-state index contributed by atoms with van der Waals surface area (Å²) < 4.78 is 0.914. The molecular formula is C15H22BrNO. The first-order valence-electron chi connectivity index (χ1n) is 6.55. The van der Waals surface area contributed by atoms with Crippen LogP contribution in [0.2, 0.25) is 0 Å². The minimum Gasteiger partial charge on any atom is -0.339 e. The third-order valence-corrected chi connectivity index (χ3v) is 4.37. The maximum Gasteiger partial charge on any atom is 0.255 e. The van der Waals surface area contributed by atoms with Crippen LogP contribution in [0.15, 0.2) is 22.7 Å². The first-order valence-corrected chi connectivity index (χ1v) is 7.34. The number of hydrogen-bond donors (Lipinski definition) is 0. The van der Waals surface area contributed by atoms with Crippen LogP contribution in [0.3, 0.4) is 0 Å². The van der Waals surface area contributed by atoms with Crippen molar-refractivity contribution >= 4 is 21.8 Å². The van der Waals surface area contributed by atoms with Gasteiger partial charge in [0.15, 0.2) is 0 Å². The van der Waals surface area contributed by atoms with E-state index in [2.05, 4.69) is 29.8 Å². The molecule has 1 unspecified atom stereocenters. The second kappa shape index (κ2) is 6.93. The van der Waals surface area contributed by atoms with E-state index in [1.165, 1.54) is 0 Å². The van der Waals surface area contributed by atoms with Crippen molar-refractivity contribution < 1.29 is 4.79 Å². The lowest BCUT2D eigenvalue weighted by molar-refractivity contribution is 0.0740. The number of rotatable bonds is 5. The van der Waals surface area contributed by atoms with E-state index in [0.717, 1.165) is 35.1 Å². The van der Waals surface area contributed by atoms with E-state index in [1.807, 2.05) is 36.9 Å². The normalized spacial score (nSPS) is 12.3. The number of carbonyl (C=O) groups excluding carboxylic acids is 1. The Hall–Kier alpha value is -0.830. The van der Waals surface area contributed by atoms with Crippen LogP contribution in [0.4, 0.5) is 0 Å². The summed E-state index contributed by atoms with van der Waals surface area (Å²) in [5, 5.41) is 0. The van der Waals surface area contributed by atoms with Gasteiger partial charge in [-0.3, -0.25) is 4.79 Å². The molecule has 1 atom stereocenters. The number of aryl methyl sites for hydroxylation is 1. The molecule has 0 bridgehead atoms. The van der Waals surface area contributed by atoms with Gasteiger partial charge in [-0.05, 0) is 47.3 Å². The summed E-state index contributed by atoms with van der Waals surface area (Å²) in [4.78, 5) is 14.4. The molecule has 1 rings (SSSR count). The second-order valence-corrected chi connectivity index (χ2v) is 5.59. The van der Waals surface area contributed by atoms with E-state index in [9.17, 15) is 4.79 Å². The molecule has 0 saturated carbocycles. The Bertz CT molecular complexity index is 417. The summed E-state index contributed by atoms with van der Waals surface area (Å²) in [6.07, 6.45) is 1.10. The average molecular weight is 312 g/mol. The highest BCUT2D eigenvalue weighted by Gasteiger charge is 2.18. The molecule has 0 aromatic heterocycles. The lowest BCUT2D eigenvalue weighted by Crippen LogP contribution is -2.34. The van der Waals surface area contributed by atoms with Crippen LogP contribution in [-0.2, 0) is 0 Å². The third-order valence-electron chi connectivity index (χ3n) is 3.32. The molecule has 0 N–H and O–H groups in total. The molecule has 1 amide bonds. The van der Waals surface area contributed by atoms with Crippen LogP contribution in [-0.4, -0.2) is 23.9 Å². The molecule has 2 nitrogen and oxygen atoms in total. The zero-order chi connectivity index (χ0) is 13.7. The second-order valence-electron chi connectivity index (χ2n) is 4.79. The number of hydrogen-bond acceptors (Lipinski definition) is 1. The molecule has 1 aromatic carbocycles. The van der Waals surface area contributed by atoms with E-state index in [4.69, 9.17) is 0 Å². The molecular weight excluding hydrogens is 290 g/mol. The fraction of sp³-hybridized carbons (Fsp3) is 0.533. The fourth-order valence-electron chi connectivity index (χ4n) is 1.84.